The monoisotopic (exact) mass is 354 g/mol. The predicted molar refractivity (Wildman–Crippen MR) is 101 cm³/mol. The molecule has 3 aromatic rings. The van der Waals surface area contributed by atoms with E-state index in [1.165, 1.54) is 0 Å². The molecule has 0 bridgehead atoms. The van der Waals surface area contributed by atoms with Gasteiger partial charge in [-0.1, -0.05) is 30.3 Å². The van der Waals surface area contributed by atoms with Gasteiger partial charge >= 0.3 is 0 Å². The molecular weight excluding hydrogens is 340 g/mol. The molecule has 1 heterocycles. The van der Waals surface area contributed by atoms with Gasteiger partial charge in [0.2, 0.25) is 0 Å². The van der Waals surface area contributed by atoms with Gasteiger partial charge in [0.15, 0.2) is 5.11 Å². The molecule has 3 N–H and O–H groups in total. The molecule has 1 aromatic heterocycles. The van der Waals surface area contributed by atoms with E-state index in [1.54, 1.807) is 41.8 Å². The van der Waals surface area contributed by atoms with Crippen LogP contribution in [0.2, 0.25) is 0 Å². The largest absolute Gasteiger partial charge is 0.298 e. The van der Waals surface area contributed by atoms with Crippen molar-refractivity contribution in [3.05, 3.63) is 71.7 Å². The lowest BCUT2D eigenvalue weighted by atomic mass is 10.2. The molecule has 0 saturated carbocycles. The Morgan fingerprint density at radius 3 is 2.54 bits per heavy atom. The van der Waals surface area contributed by atoms with Crippen molar-refractivity contribution in [1.29, 1.82) is 0 Å². The highest BCUT2D eigenvalue weighted by atomic mass is 32.1. The fourth-order valence-electron chi connectivity index (χ4n) is 2.06. The van der Waals surface area contributed by atoms with E-state index in [0.29, 0.717) is 5.56 Å². The Bertz CT molecular complexity index is 835. The minimum Gasteiger partial charge on any atom is -0.298 e. The molecule has 0 aliphatic heterocycles. The topological polar surface area (TPSA) is 66.1 Å². The van der Waals surface area contributed by atoms with Crippen LogP contribution in [-0.2, 0) is 0 Å². The molecule has 1 amide bonds. The highest BCUT2D eigenvalue weighted by molar-refractivity contribution is 7.80. The van der Waals surface area contributed by atoms with Crippen LogP contribution < -0.4 is 16.2 Å². The van der Waals surface area contributed by atoms with Gasteiger partial charge in [-0.2, -0.15) is 0 Å². The molecule has 7 heteroatoms. The molecule has 0 atom stereocenters. The van der Waals surface area contributed by atoms with Gasteiger partial charge in [-0.15, -0.1) is 11.3 Å². The van der Waals surface area contributed by atoms with Crippen LogP contribution in [0.5, 0.6) is 0 Å². The maximum Gasteiger partial charge on any atom is 0.257 e. The molecule has 0 spiro atoms. The summed E-state index contributed by atoms with van der Waals surface area (Å²) in [5, 5.41) is 5.64. The van der Waals surface area contributed by atoms with Crippen LogP contribution in [0.4, 0.5) is 5.69 Å². The molecule has 0 saturated heterocycles. The second-order valence-corrected chi connectivity index (χ2v) is 6.08. The number of para-hydroxylation sites is 1. The highest BCUT2D eigenvalue weighted by Gasteiger charge is 2.09. The van der Waals surface area contributed by atoms with Crippen LogP contribution >= 0.6 is 23.6 Å². The van der Waals surface area contributed by atoms with Crippen LogP contribution in [0.1, 0.15) is 10.4 Å². The average molecular weight is 354 g/mol. The molecule has 0 aliphatic carbocycles. The lowest BCUT2D eigenvalue weighted by Gasteiger charge is -2.14. The van der Waals surface area contributed by atoms with Gasteiger partial charge < -0.3 is 0 Å². The Labute approximate surface area is 148 Å². The zero-order chi connectivity index (χ0) is 16.8. The number of hydrazine groups is 1. The first-order valence-corrected chi connectivity index (χ1v) is 8.44. The van der Waals surface area contributed by atoms with Crippen molar-refractivity contribution in [1.82, 2.24) is 15.7 Å². The molecule has 2 aromatic carbocycles. The van der Waals surface area contributed by atoms with Crippen LogP contribution in [0, 0.1) is 0 Å². The van der Waals surface area contributed by atoms with Crippen LogP contribution in [-0.4, -0.2) is 16.0 Å². The number of benzene rings is 2. The third kappa shape index (κ3) is 3.95. The molecule has 120 valence electrons. The summed E-state index contributed by atoms with van der Waals surface area (Å²) in [6.07, 6.45) is 1.76. The molecule has 24 heavy (non-hydrogen) atoms. The number of carbonyl (C=O) groups is 1. The van der Waals surface area contributed by atoms with Crippen molar-refractivity contribution in [2.24, 2.45) is 0 Å². The SMILES string of the molecule is O=C(NC(=S)NNc1ccccc1-c1nccs1)c1ccccc1. The van der Waals surface area contributed by atoms with Gasteiger partial charge in [-0.05, 0) is 36.5 Å². The van der Waals surface area contributed by atoms with Gasteiger partial charge in [-0.3, -0.25) is 21.0 Å². The molecular formula is C17H14N4OS2. The number of carbonyl (C=O) groups excluding carboxylic acids is 1. The van der Waals surface area contributed by atoms with E-state index in [4.69, 9.17) is 12.2 Å². The molecule has 5 nitrogen and oxygen atoms in total. The summed E-state index contributed by atoms with van der Waals surface area (Å²) in [5.74, 6) is -0.261. The van der Waals surface area contributed by atoms with Crippen molar-refractivity contribution in [2.45, 2.75) is 0 Å². The maximum absolute atomic E-state index is 12.0. The molecule has 0 radical (unpaired) electrons. The van der Waals surface area contributed by atoms with E-state index < -0.39 is 0 Å². The van der Waals surface area contributed by atoms with E-state index in [-0.39, 0.29) is 11.0 Å². The lowest BCUT2D eigenvalue weighted by molar-refractivity contribution is 0.0977. The van der Waals surface area contributed by atoms with Crippen molar-refractivity contribution in [3.8, 4) is 10.6 Å². The van der Waals surface area contributed by atoms with Crippen molar-refractivity contribution >= 4 is 40.3 Å². The quantitative estimate of drug-likeness (QED) is 0.495. The number of hydrogen-bond acceptors (Lipinski definition) is 5. The molecule has 0 unspecified atom stereocenters. The van der Waals surface area contributed by atoms with Gasteiger partial charge in [0.05, 0.1) is 5.69 Å². The average Bonchev–Trinajstić information content (AvgIpc) is 3.15. The van der Waals surface area contributed by atoms with E-state index in [1.807, 2.05) is 35.7 Å². The zero-order valence-corrected chi connectivity index (χ0v) is 14.2. The second-order valence-electron chi connectivity index (χ2n) is 4.78. The maximum atomic E-state index is 12.0. The first-order chi connectivity index (χ1) is 11.7. The van der Waals surface area contributed by atoms with Crippen molar-refractivity contribution in [2.75, 3.05) is 5.43 Å². The van der Waals surface area contributed by atoms with E-state index in [0.717, 1.165) is 16.3 Å². The Balaban J connectivity index is 1.62. The first kappa shape index (κ1) is 16.1. The summed E-state index contributed by atoms with van der Waals surface area (Å²) < 4.78 is 0. The van der Waals surface area contributed by atoms with Crippen molar-refractivity contribution < 1.29 is 4.79 Å². The Morgan fingerprint density at radius 2 is 1.79 bits per heavy atom. The van der Waals surface area contributed by atoms with Gasteiger partial charge in [0, 0.05) is 22.7 Å². The summed E-state index contributed by atoms with van der Waals surface area (Å²) in [4.78, 5) is 16.4. The number of anilines is 1. The Hall–Kier alpha value is -2.77. The number of thiazole rings is 1. The summed E-state index contributed by atoms with van der Waals surface area (Å²) in [5.41, 5.74) is 8.17. The lowest BCUT2D eigenvalue weighted by Crippen LogP contribution is -2.42. The minimum absolute atomic E-state index is 0.192. The third-order valence-corrected chi connectivity index (χ3v) is 4.17. The normalized spacial score (nSPS) is 10.0. The number of amides is 1. The number of nitrogens with one attached hydrogen (secondary N) is 3. The zero-order valence-electron chi connectivity index (χ0n) is 12.5. The van der Waals surface area contributed by atoms with Crippen LogP contribution in [0.15, 0.2) is 66.2 Å². The van der Waals surface area contributed by atoms with Gasteiger partial charge in [-0.25, -0.2) is 4.98 Å². The predicted octanol–water partition coefficient (Wildman–Crippen LogP) is 3.44. The third-order valence-electron chi connectivity index (χ3n) is 3.16. The second kappa shape index (κ2) is 7.67. The number of thiocarbonyl (C=S) groups is 1. The minimum atomic E-state index is -0.261. The van der Waals surface area contributed by atoms with Crippen LogP contribution in [0.3, 0.4) is 0 Å². The van der Waals surface area contributed by atoms with E-state index in [9.17, 15) is 4.79 Å². The van der Waals surface area contributed by atoms with Crippen molar-refractivity contribution in [3.63, 3.8) is 0 Å². The number of aromatic nitrogens is 1. The fourth-order valence-corrected chi connectivity index (χ4v) is 2.88. The van der Waals surface area contributed by atoms with E-state index >= 15 is 0 Å². The van der Waals surface area contributed by atoms with Crippen LogP contribution in [0.25, 0.3) is 10.6 Å². The Morgan fingerprint density at radius 1 is 1.04 bits per heavy atom. The standard InChI is InChI=1S/C17H14N4OS2/c22-15(12-6-2-1-3-7-12)19-17(23)21-20-14-9-5-4-8-13(14)16-18-10-11-24-16/h1-11,20H,(H2,19,21,22,23). The van der Waals surface area contributed by atoms with Gasteiger partial charge in [0.1, 0.15) is 5.01 Å². The number of nitrogens with zero attached hydrogens (tertiary/aromatic N) is 1. The summed E-state index contributed by atoms with van der Waals surface area (Å²) in [7, 11) is 0. The number of hydrogen-bond donors (Lipinski definition) is 3. The summed E-state index contributed by atoms with van der Waals surface area (Å²) in [6.45, 7) is 0. The summed E-state index contributed by atoms with van der Waals surface area (Å²) in [6, 6.07) is 16.6. The van der Waals surface area contributed by atoms with Gasteiger partial charge in [0.25, 0.3) is 5.91 Å². The summed E-state index contributed by atoms with van der Waals surface area (Å²) >= 11 is 6.71. The highest BCUT2D eigenvalue weighted by Crippen LogP contribution is 2.28. The fraction of sp³-hybridized carbons (Fsp3) is 0. The number of rotatable bonds is 4. The smallest absolute Gasteiger partial charge is 0.257 e. The molecule has 0 aliphatic rings. The van der Waals surface area contributed by atoms with E-state index in [2.05, 4.69) is 21.2 Å². The Kier molecular flexibility index (Phi) is 5.15. The first-order valence-electron chi connectivity index (χ1n) is 7.15. The molecule has 3 rings (SSSR count). The molecule has 0 fully saturated rings.